The minimum Gasteiger partial charge on any atom is -0.297 e. The Morgan fingerprint density at radius 3 is 2.81 bits per heavy atom. The van der Waals surface area contributed by atoms with Crippen molar-refractivity contribution in [1.82, 2.24) is 9.97 Å². The van der Waals surface area contributed by atoms with E-state index >= 15 is 0 Å². The summed E-state index contributed by atoms with van der Waals surface area (Å²) in [4.78, 5) is 23.5. The third kappa shape index (κ3) is 3.16. The molecule has 0 saturated carbocycles. The predicted molar refractivity (Wildman–Crippen MR) is 87.6 cm³/mol. The number of carbonyl (C=O) groups excluding carboxylic acids is 1. The van der Waals surface area contributed by atoms with E-state index in [9.17, 15) is 4.79 Å². The Morgan fingerprint density at radius 1 is 1.19 bits per heavy atom. The first-order valence-electron chi connectivity index (χ1n) is 7.43. The summed E-state index contributed by atoms with van der Waals surface area (Å²) in [5.41, 5.74) is 2.07. The molecule has 0 fully saturated rings. The molecule has 0 saturated heterocycles. The molecule has 6 heteroatoms. The Bertz CT molecular complexity index is 636. The standard InChI is InChI=1S/C15H19N3OS2/c1-3-10-13(20-9(2)16-10)14(19)18-15-17-11-7-5-4-6-8-12(11)21-15/h3-8H2,1-2H3,(H,17,18,19). The fourth-order valence-corrected chi connectivity index (χ4v) is 4.57. The van der Waals surface area contributed by atoms with Crippen LogP contribution in [0.2, 0.25) is 0 Å². The summed E-state index contributed by atoms with van der Waals surface area (Å²) >= 11 is 3.09. The fourth-order valence-electron chi connectivity index (χ4n) is 2.62. The number of amides is 1. The molecule has 112 valence electrons. The van der Waals surface area contributed by atoms with E-state index in [4.69, 9.17) is 0 Å². The van der Waals surface area contributed by atoms with Crippen molar-refractivity contribution in [3.05, 3.63) is 26.1 Å². The molecule has 4 nitrogen and oxygen atoms in total. The lowest BCUT2D eigenvalue weighted by Crippen LogP contribution is -2.12. The molecule has 0 aromatic carbocycles. The molecule has 0 unspecified atom stereocenters. The number of fused-ring (bicyclic) bond motifs is 1. The number of hydrogen-bond donors (Lipinski definition) is 1. The molecule has 0 atom stereocenters. The average Bonchev–Trinajstić information content (AvgIpc) is 2.95. The van der Waals surface area contributed by atoms with Gasteiger partial charge in [-0.1, -0.05) is 13.3 Å². The highest BCUT2D eigenvalue weighted by atomic mass is 32.1. The molecular weight excluding hydrogens is 302 g/mol. The number of aryl methyl sites for hydroxylation is 4. The van der Waals surface area contributed by atoms with Crippen LogP contribution < -0.4 is 5.32 Å². The van der Waals surface area contributed by atoms with Gasteiger partial charge < -0.3 is 0 Å². The Morgan fingerprint density at radius 2 is 2.00 bits per heavy atom. The van der Waals surface area contributed by atoms with Crippen LogP contribution in [0.15, 0.2) is 0 Å². The zero-order valence-electron chi connectivity index (χ0n) is 12.4. The number of carbonyl (C=O) groups is 1. The zero-order valence-corrected chi connectivity index (χ0v) is 14.0. The van der Waals surface area contributed by atoms with Crippen molar-refractivity contribution in [3.8, 4) is 0 Å². The van der Waals surface area contributed by atoms with E-state index in [0.29, 0.717) is 0 Å². The van der Waals surface area contributed by atoms with Gasteiger partial charge in [0.2, 0.25) is 0 Å². The third-order valence-corrected chi connectivity index (χ3v) is 5.75. The van der Waals surface area contributed by atoms with Gasteiger partial charge >= 0.3 is 0 Å². The van der Waals surface area contributed by atoms with Gasteiger partial charge in [-0.25, -0.2) is 9.97 Å². The minimum atomic E-state index is -0.0682. The van der Waals surface area contributed by atoms with Gasteiger partial charge in [0.05, 0.1) is 16.4 Å². The summed E-state index contributed by atoms with van der Waals surface area (Å²) < 4.78 is 0. The monoisotopic (exact) mass is 321 g/mol. The number of rotatable bonds is 3. The molecule has 21 heavy (non-hydrogen) atoms. The topological polar surface area (TPSA) is 54.9 Å². The maximum Gasteiger partial charge on any atom is 0.269 e. The number of thiazole rings is 2. The Balaban J connectivity index is 1.78. The van der Waals surface area contributed by atoms with Crippen molar-refractivity contribution in [1.29, 1.82) is 0 Å². The molecule has 1 amide bonds. The maximum atomic E-state index is 12.4. The van der Waals surface area contributed by atoms with E-state index in [1.165, 1.54) is 41.2 Å². The predicted octanol–water partition coefficient (Wildman–Crippen LogP) is 3.99. The van der Waals surface area contributed by atoms with Crippen LogP contribution >= 0.6 is 22.7 Å². The van der Waals surface area contributed by atoms with Gasteiger partial charge in [0.15, 0.2) is 5.13 Å². The molecule has 1 N–H and O–H groups in total. The molecule has 0 spiro atoms. The van der Waals surface area contributed by atoms with E-state index < -0.39 is 0 Å². The summed E-state index contributed by atoms with van der Waals surface area (Å²) in [7, 11) is 0. The maximum absolute atomic E-state index is 12.4. The van der Waals surface area contributed by atoms with Crippen molar-refractivity contribution < 1.29 is 4.79 Å². The number of hydrogen-bond acceptors (Lipinski definition) is 5. The second-order valence-electron chi connectivity index (χ2n) is 5.27. The zero-order chi connectivity index (χ0) is 14.8. The highest BCUT2D eigenvalue weighted by molar-refractivity contribution is 7.16. The average molecular weight is 321 g/mol. The third-order valence-electron chi connectivity index (χ3n) is 3.66. The van der Waals surface area contributed by atoms with Crippen LogP contribution in [-0.2, 0) is 19.3 Å². The lowest BCUT2D eigenvalue weighted by Gasteiger charge is -2.00. The lowest BCUT2D eigenvalue weighted by atomic mass is 10.2. The first-order valence-corrected chi connectivity index (χ1v) is 9.07. The van der Waals surface area contributed by atoms with Crippen LogP contribution in [0.25, 0.3) is 0 Å². The first kappa shape index (κ1) is 14.7. The normalized spacial score (nSPS) is 14.6. The van der Waals surface area contributed by atoms with E-state index in [-0.39, 0.29) is 5.91 Å². The van der Waals surface area contributed by atoms with Crippen molar-refractivity contribution in [3.63, 3.8) is 0 Å². The van der Waals surface area contributed by atoms with Crippen molar-refractivity contribution in [2.45, 2.75) is 52.4 Å². The molecule has 2 aromatic heterocycles. The minimum absolute atomic E-state index is 0.0682. The van der Waals surface area contributed by atoms with E-state index in [1.807, 2.05) is 13.8 Å². The van der Waals surface area contributed by atoms with Crippen LogP contribution in [0.3, 0.4) is 0 Å². The Kier molecular flexibility index (Phi) is 4.35. The number of nitrogens with one attached hydrogen (secondary N) is 1. The molecule has 2 aromatic rings. The summed E-state index contributed by atoms with van der Waals surface area (Å²) in [6, 6.07) is 0. The first-order chi connectivity index (χ1) is 10.2. The number of anilines is 1. The highest BCUT2D eigenvalue weighted by Crippen LogP contribution is 2.29. The van der Waals surface area contributed by atoms with Crippen molar-refractivity contribution in [2.75, 3.05) is 5.32 Å². The van der Waals surface area contributed by atoms with Gasteiger partial charge in [-0.15, -0.1) is 22.7 Å². The Labute approximate surface area is 132 Å². The SMILES string of the molecule is CCc1nc(C)sc1C(=O)Nc1nc2c(s1)CCCCC2. The molecule has 1 aliphatic carbocycles. The summed E-state index contributed by atoms with van der Waals surface area (Å²) in [5.74, 6) is -0.0682. The second-order valence-corrected chi connectivity index (χ2v) is 7.55. The Hall–Kier alpha value is -1.27. The van der Waals surface area contributed by atoms with Gasteiger partial charge in [0.25, 0.3) is 5.91 Å². The van der Waals surface area contributed by atoms with E-state index in [2.05, 4.69) is 15.3 Å². The largest absolute Gasteiger partial charge is 0.297 e. The van der Waals surface area contributed by atoms with E-state index in [1.54, 1.807) is 11.3 Å². The fraction of sp³-hybridized carbons (Fsp3) is 0.533. The van der Waals surface area contributed by atoms with Crippen LogP contribution in [0.5, 0.6) is 0 Å². The molecule has 0 aliphatic heterocycles. The summed E-state index contributed by atoms with van der Waals surface area (Å²) in [5, 5.41) is 4.64. The molecule has 0 radical (unpaired) electrons. The van der Waals surface area contributed by atoms with Crippen LogP contribution in [0.4, 0.5) is 5.13 Å². The van der Waals surface area contributed by atoms with Crippen LogP contribution in [0.1, 0.15) is 57.1 Å². The second kappa shape index (κ2) is 6.23. The molecule has 1 aliphatic rings. The van der Waals surface area contributed by atoms with Gasteiger partial charge in [-0.2, -0.15) is 0 Å². The molecule has 3 rings (SSSR count). The van der Waals surface area contributed by atoms with E-state index in [0.717, 1.165) is 40.0 Å². The van der Waals surface area contributed by atoms with Crippen LogP contribution in [-0.4, -0.2) is 15.9 Å². The molecule has 2 heterocycles. The van der Waals surface area contributed by atoms with Crippen molar-refractivity contribution >= 4 is 33.7 Å². The molecular formula is C15H19N3OS2. The smallest absolute Gasteiger partial charge is 0.269 e. The highest BCUT2D eigenvalue weighted by Gasteiger charge is 2.19. The number of nitrogens with zero attached hydrogens (tertiary/aromatic N) is 2. The van der Waals surface area contributed by atoms with Crippen molar-refractivity contribution in [2.24, 2.45) is 0 Å². The summed E-state index contributed by atoms with van der Waals surface area (Å²) in [6.45, 7) is 3.96. The van der Waals surface area contributed by atoms with Gasteiger partial charge in [-0.05, 0) is 39.0 Å². The quantitative estimate of drug-likeness (QED) is 0.870. The lowest BCUT2D eigenvalue weighted by molar-refractivity contribution is 0.102. The van der Waals surface area contributed by atoms with Gasteiger partial charge in [-0.3, -0.25) is 10.1 Å². The van der Waals surface area contributed by atoms with Crippen LogP contribution in [0, 0.1) is 6.92 Å². The van der Waals surface area contributed by atoms with Gasteiger partial charge in [0, 0.05) is 4.88 Å². The number of aromatic nitrogens is 2. The summed E-state index contributed by atoms with van der Waals surface area (Å²) in [6.07, 6.45) is 6.64. The van der Waals surface area contributed by atoms with Gasteiger partial charge in [0.1, 0.15) is 4.88 Å². The molecule has 0 bridgehead atoms.